The molecule has 4 rings (SSSR count). The van der Waals surface area contributed by atoms with E-state index in [1.165, 1.54) is 0 Å². The molecule has 2 aromatic carbocycles. The standard InChI is InChI=1S/C28H23N3O2S/c1-3-8-23-24(4-2)30-27(31-26(23)29-22-15-13-21(14-16-22)28(32)33)25-17-20(18-34-25)12-11-19-9-6-5-7-10-19/h3,5-7,9-10,13-18H,1,4,8H2,2H3,(H,32,33)(H,29,30,31). The van der Waals surface area contributed by atoms with Crippen LogP contribution in [0.25, 0.3) is 10.7 Å². The van der Waals surface area contributed by atoms with Crippen LogP contribution in [-0.2, 0) is 12.8 Å². The molecule has 0 spiro atoms. The van der Waals surface area contributed by atoms with E-state index < -0.39 is 5.97 Å². The van der Waals surface area contributed by atoms with Gasteiger partial charge in [-0.15, -0.1) is 17.9 Å². The fourth-order valence-corrected chi connectivity index (χ4v) is 4.19. The molecule has 0 saturated heterocycles. The van der Waals surface area contributed by atoms with Crippen molar-refractivity contribution in [3.05, 3.63) is 107 Å². The van der Waals surface area contributed by atoms with Gasteiger partial charge in [0.2, 0.25) is 0 Å². The summed E-state index contributed by atoms with van der Waals surface area (Å²) in [5.74, 6) is 6.75. The topological polar surface area (TPSA) is 75.1 Å². The van der Waals surface area contributed by atoms with E-state index in [0.717, 1.165) is 39.4 Å². The number of nitrogens with zero attached hydrogens (tertiary/aromatic N) is 2. The van der Waals surface area contributed by atoms with Crippen molar-refractivity contribution in [1.82, 2.24) is 9.97 Å². The molecular weight excluding hydrogens is 442 g/mol. The van der Waals surface area contributed by atoms with E-state index >= 15 is 0 Å². The maximum absolute atomic E-state index is 11.2. The second-order valence-electron chi connectivity index (χ2n) is 7.49. The zero-order valence-electron chi connectivity index (χ0n) is 18.7. The number of anilines is 2. The maximum Gasteiger partial charge on any atom is 0.335 e. The molecule has 5 nitrogen and oxygen atoms in total. The number of thiophene rings is 1. The molecule has 0 unspecified atom stereocenters. The Balaban J connectivity index is 1.68. The van der Waals surface area contributed by atoms with Crippen molar-refractivity contribution in [1.29, 1.82) is 0 Å². The molecule has 4 aromatic rings. The van der Waals surface area contributed by atoms with Crippen LogP contribution in [0.2, 0.25) is 0 Å². The van der Waals surface area contributed by atoms with Gasteiger partial charge in [-0.25, -0.2) is 14.8 Å². The molecule has 168 valence electrons. The smallest absolute Gasteiger partial charge is 0.335 e. The molecule has 0 aliphatic heterocycles. The molecule has 6 heteroatoms. The Morgan fingerprint density at radius 3 is 2.50 bits per heavy atom. The molecule has 0 atom stereocenters. The highest BCUT2D eigenvalue weighted by Gasteiger charge is 2.15. The summed E-state index contributed by atoms with van der Waals surface area (Å²) in [5.41, 5.74) is 4.79. The molecule has 0 radical (unpaired) electrons. The number of allylic oxidation sites excluding steroid dienone is 1. The lowest BCUT2D eigenvalue weighted by atomic mass is 10.1. The lowest BCUT2D eigenvalue weighted by Crippen LogP contribution is -2.07. The second-order valence-corrected chi connectivity index (χ2v) is 8.40. The average Bonchev–Trinajstić information content (AvgIpc) is 3.34. The van der Waals surface area contributed by atoms with Crippen molar-refractivity contribution >= 4 is 28.8 Å². The summed E-state index contributed by atoms with van der Waals surface area (Å²) < 4.78 is 0. The van der Waals surface area contributed by atoms with Gasteiger partial charge < -0.3 is 10.4 Å². The molecule has 2 N–H and O–H groups in total. The van der Waals surface area contributed by atoms with Crippen LogP contribution >= 0.6 is 11.3 Å². The number of nitrogens with one attached hydrogen (secondary N) is 1. The minimum Gasteiger partial charge on any atom is -0.478 e. The van der Waals surface area contributed by atoms with Crippen LogP contribution in [0.1, 0.15) is 39.7 Å². The fraction of sp³-hybridized carbons (Fsp3) is 0.107. The van der Waals surface area contributed by atoms with E-state index in [9.17, 15) is 4.79 Å². The lowest BCUT2D eigenvalue weighted by Gasteiger charge is -2.15. The molecule has 0 saturated carbocycles. The number of rotatable bonds is 7. The summed E-state index contributed by atoms with van der Waals surface area (Å²) in [7, 11) is 0. The third-order valence-electron chi connectivity index (χ3n) is 5.12. The van der Waals surface area contributed by atoms with E-state index in [0.29, 0.717) is 18.1 Å². The molecule has 0 fully saturated rings. The van der Waals surface area contributed by atoms with Crippen molar-refractivity contribution in [2.75, 3.05) is 5.32 Å². The number of hydrogen-bond donors (Lipinski definition) is 2. The first-order valence-electron chi connectivity index (χ1n) is 10.8. The van der Waals surface area contributed by atoms with Crippen molar-refractivity contribution in [3.8, 4) is 22.5 Å². The van der Waals surface area contributed by atoms with E-state index in [1.54, 1.807) is 35.6 Å². The van der Waals surface area contributed by atoms with Crippen LogP contribution in [0, 0.1) is 11.8 Å². The lowest BCUT2D eigenvalue weighted by molar-refractivity contribution is 0.0697. The summed E-state index contributed by atoms with van der Waals surface area (Å²) in [4.78, 5) is 21.8. The van der Waals surface area contributed by atoms with E-state index in [2.05, 4.69) is 30.7 Å². The molecule has 0 amide bonds. The summed E-state index contributed by atoms with van der Waals surface area (Å²) in [6.45, 7) is 5.94. The number of carboxylic acids is 1. The van der Waals surface area contributed by atoms with Crippen LogP contribution in [0.5, 0.6) is 0 Å². The van der Waals surface area contributed by atoms with Gasteiger partial charge in [-0.05, 0) is 55.3 Å². The molecule has 2 aromatic heterocycles. The van der Waals surface area contributed by atoms with Gasteiger partial charge >= 0.3 is 5.97 Å². The Kier molecular flexibility index (Phi) is 7.16. The van der Waals surface area contributed by atoms with Gasteiger partial charge in [0, 0.05) is 33.5 Å². The quantitative estimate of drug-likeness (QED) is 0.246. The number of carboxylic acid groups (broad SMARTS) is 1. The Morgan fingerprint density at radius 1 is 1.09 bits per heavy atom. The van der Waals surface area contributed by atoms with E-state index in [-0.39, 0.29) is 5.56 Å². The predicted octanol–water partition coefficient (Wildman–Crippen LogP) is 6.34. The summed E-state index contributed by atoms with van der Waals surface area (Å²) in [6, 6.07) is 18.5. The van der Waals surface area contributed by atoms with Gasteiger partial charge in [0.05, 0.1) is 10.4 Å². The normalized spacial score (nSPS) is 10.3. The third kappa shape index (κ3) is 5.40. The number of aromatic nitrogens is 2. The van der Waals surface area contributed by atoms with Gasteiger partial charge in [-0.2, -0.15) is 0 Å². The number of hydrogen-bond acceptors (Lipinski definition) is 5. The number of aromatic carboxylic acids is 1. The van der Waals surface area contributed by atoms with Crippen LogP contribution in [0.4, 0.5) is 11.5 Å². The van der Waals surface area contributed by atoms with Crippen LogP contribution in [-0.4, -0.2) is 21.0 Å². The number of aryl methyl sites for hydroxylation is 1. The zero-order valence-corrected chi connectivity index (χ0v) is 19.5. The Hall–Kier alpha value is -4.21. The first kappa shape index (κ1) is 23.0. The molecule has 2 heterocycles. The summed E-state index contributed by atoms with van der Waals surface area (Å²) in [5, 5.41) is 14.5. The largest absolute Gasteiger partial charge is 0.478 e. The van der Waals surface area contributed by atoms with Gasteiger partial charge in [-0.1, -0.05) is 43.0 Å². The average molecular weight is 466 g/mol. The van der Waals surface area contributed by atoms with Gasteiger partial charge in [0.1, 0.15) is 5.82 Å². The minimum atomic E-state index is -0.958. The molecule has 0 aliphatic carbocycles. The van der Waals surface area contributed by atoms with Crippen LogP contribution in [0.3, 0.4) is 0 Å². The van der Waals surface area contributed by atoms with Crippen LogP contribution < -0.4 is 5.32 Å². The Bertz CT molecular complexity index is 1380. The summed E-state index contributed by atoms with van der Waals surface area (Å²) >= 11 is 1.56. The first-order valence-corrected chi connectivity index (χ1v) is 11.7. The van der Waals surface area contributed by atoms with Gasteiger partial charge in [-0.3, -0.25) is 0 Å². The second kappa shape index (κ2) is 10.6. The third-order valence-corrected chi connectivity index (χ3v) is 6.04. The van der Waals surface area contributed by atoms with Gasteiger partial charge in [0.15, 0.2) is 5.82 Å². The van der Waals surface area contributed by atoms with Crippen molar-refractivity contribution in [2.24, 2.45) is 0 Å². The molecule has 34 heavy (non-hydrogen) atoms. The monoisotopic (exact) mass is 465 g/mol. The predicted molar refractivity (Wildman–Crippen MR) is 138 cm³/mol. The van der Waals surface area contributed by atoms with E-state index in [1.807, 2.05) is 47.9 Å². The van der Waals surface area contributed by atoms with Crippen LogP contribution in [0.15, 0.2) is 78.7 Å². The van der Waals surface area contributed by atoms with Crippen molar-refractivity contribution in [3.63, 3.8) is 0 Å². The molecule has 0 aliphatic rings. The highest BCUT2D eigenvalue weighted by atomic mass is 32.1. The van der Waals surface area contributed by atoms with E-state index in [4.69, 9.17) is 15.1 Å². The highest BCUT2D eigenvalue weighted by molar-refractivity contribution is 7.13. The zero-order chi connectivity index (χ0) is 23.9. The van der Waals surface area contributed by atoms with Crippen molar-refractivity contribution in [2.45, 2.75) is 19.8 Å². The first-order chi connectivity index (χ1) is 16.6. The fourth-order valence-electron chi connectivity index (χ4n) is 3.41. The molecule has 0 bridgehead atoms. The maximum atomic E-state index is 11.2. The summed E-state index contributed by atoms with van der Waals surface area (Å²) in [6.07, 6.45) is 3.20. The Morgan fingerprint density at radius 2 is 1.82 bits per heavy atom. The molecular formula is C28H23N3O2S. The number of carbonyl (C=O) groups is 1. The minimum absolute atomic E-state index is 0.234. The Labute approximate surface area is 202 Å². The SMILES string of the molecule is C=CCc1c(CC)nc(-c2cc(C#Cc3ccccc3)cs2)nc1Nc1ccc(C(=O)O)cc1. The highest BCUT2D eigenvalue weighted by Crippen LogP contribution is 2.30. The van der Waals surface area contributed by atoms with Crippen molar-refractivity contribution < 1.29 is 9.90 Å². The number of benzene rings is 2. The van der Waals surface area contributed by atoms with Gasteiger partial charge in [0.25, 0.3) is 0 Å².